The van der Waals surface area contributed by atoms with Crippen molar-refractivity contribution in [3.63, 3.8) is 0 Å². The zero-order valence-corrected chi connectivity index (χ0v) is 24.6. The van der Waals surface area contributed by atoms with E-state index in [1.807, 2.05) is 21.6 Å². The van der Waals surface area contributed by atoms with Crippen molar-refractivity contribution >= 4 is 66.9 Å². The molecular weight excluding hydrogens is 565 g/mol. The van der Waals surface area contributed by atoms with Crippen molar-refractivity contribution in [1.29, 1.82) is 0 Å². The van der Waals surface area contributed by atoms with E-state index in [-0.39, 0.29) is 0 Å². The predicted molar refractivity (Wildman–Crippen MR) is 177 cm³/mol. The third-order valence-electron chi connectivity index (χ3n) is 7.00. The topological polar surface area (TPSA) is 142 Å². The Morgan fingerprint density at radius 2 is 1.00 bits per heavy atom. The summed E-state index contributed by atoms with van der Waals surface area (Å²) in [5, 5.41) is 19.1. The smallest absolute Gasteiger partial charge is 0.246 e. The Morgan fingerprint density at radius 3 is 1.43 bits per heavy atom. The molecule has 0 spiro atoms. The van der Waals surface area contributed by atoms with Gasteiger partial charge >= 0.3 is 0 Å². The molecule has 214 valence electrons. The Labute approximate surface area is 251 Å². The standard InChI is InChI=1S/C30H32N10S2/c31-27-33-29(37-35-27)39(19-23-11-5-9-21-7-1-3-13-25(21)23)15-17-41-42-18-16-40(30-34-28(32)36-38-30)20-24-12-6-10-22-8-2-4-14-26(22)24/h1-14H,15-20H2,(H3,31,33,35,37)(H3,32,34,36,38). The molecule has 6 aromatic rings. The van der Waals surface area contributed by atoms with Crippen molar-refractivity contribution in [1.82, 2.24) is 30.4 Å². The second kappa shape index (κ2) is 13.0. The van der Waals surface area contributed by atoms with Gasteiger partial charge in [0.05, 0.1) is 0 Å². The number of H-pyrrole nitrogens is 2. The predicted octanol–water partition coefficient (Wildman–Crippen LogP) is 5.49. The zero-order chi connectivity index (χ0) is 28.7. The summed E-state index contributed by atoms with van der Waals surface area (Å²) < 4.78 is 0. The van der Waals surface area contributed by atoms with Gasteiger partial charge in [-0.15, -0.1) is 10.2 Å². The van der Waals surface area contributed by atoms with Crippen LogP contribution in [0, 0.1) is 0 Å². The van der Waals surface area contributed by atoms with Crippen LogP contribution in [0.15, 0.2) is 84.9 Å². The molecule has 0 fully saturated rings. The average Bonchev–Trinajstić information content (AvgIpc) is 3.65. The Hall–Kier alpha value is -4.42. The third kappa shape index (κ3) is 6.55. The second-order valence-corrected chi connectivity index (χ2v) is 12.5. The maximum Gasteiger partial charge on any atom is 0.246 e. The Kier molecular flexibility index (Phi) is 8.61. The number of nitrogens with one attached hydrogen (secondary N) is 2. The number of hydrogen-bond acceptors (Lipinski definition) is 10. The molecule has 0 radical (unpaired) electrons. The van der Waals surface area contributed by atoms with Crippen molar-refractivity contribution in [2.75, 3.05) is 45.9 Å². The van der Waals surface area contributed by atoms with Crippen molar-refractivity contribution in [2.45, 2.75) is 13.1 Å². The quantitative estimate of drug-likeness (QED) is 0.0999. The largest absolute Gasteiger partial charge is 0.368 e. The number of aromatic amines is 2. The summed E-state index contributed by atoms with van der Waals surface area (Å²) in [5.41, 5.74) is 14.2. The first-order valence-electron chi connectivity index (χ1n) is 13.7. The molecule has 0 aliphatic rings. The second-order valence-electron chi connectivity index (χ2n) is 9.80. The van der Waals surface area contributed by atoms with E-state index in [1.54, 1.807) is 0 Å². The Bertz CT molecular complexity index is 1630. The molecule has 6 N–H and O–H groups in total. The van der Waals surface area contributed by atoms with Gasteiger partial charge in [0.25, 0.3) is 0 Å². The van der Waals surface area contributed by atoms with E-state index in [9.17, 15) is 0 Å². The van der Waals surface area contributed by atoms with Gasteiger partial charge < -0.3 is 21.3 Å². The van der Waals surface area contributed by atoms with Gasteiger partial charge in [-0.2, -0.15) is 9.97 Å². The van der Waals surface area contributed by atoms with Crippen LogP contribution in [0.25, 0.3) is 21.5 Å². The fraction of sp³-hybridized carbons (Fsp3) is 0.200. The zero-order valence-electron chi connectivity index (χ0n) is 23.0. The van der Waals surface area contributed by atoms with Crippen LogP contribution in [0.5, 0.6) is 0 Å². The number of hydrogen-bond donors (Lipinski definition) is 4. The van der Waals surface area contributed by atoms with E-state index < -0.39 is 0 Å². The van der Waals surface area contributed by atoms with Crippen LogP contribution in [-0.2, 0) is 13.1 Å². The molecule has 0 saturated heterocycles. The minimum atomic E-state index is 0.314. The van der Waals surface area contributed by atoms with E-state index in [4.69, 9.17) is 11.5 Å². The highest BCUT2D eigenvalue weighted by Gasteiger charge is 2.16. The van der Waals surface area contributed by atoms with Gasteiger partial charge in [0, 0.05) is 37.7 Å². The summed E-state index contributed by atoms with van der Waals surface area (Å²) in [4.78, 5) is 13.2. The monoisotopic (exact) mass is 596 g/mol. The lowest BCUT2D eigenvalue weighted by molar-refractivity contribution is 0.803. The van der Waals surface area contributed by atoms with Gasteiger partial charge in [-0.25, -0.2) is 10.2 Å². The molecular formula is C30H32N10S2. The molecule has 0 unspecified atom stereocenters. The van der Waals surface area contributed by atoms with Crippen molar-refractivity contribution in [3.05, 3.63) is 96.1 Å². The molecule has 12 heteroatoms. The van der Waals surface area contributed by atoms with Gasteiger partial charge in [-0.05, 0) is 32.7 Å². The number of anilines is 4. The molecule has 10 nitrogen and oxygen atoms in total. The molecule has 2 aromatic heterocycles. The first-order chi connectivity index (χ1) is 20.6. The molecule has 0 atom stereocenters. The number of benzene rings is 4. The summed E-state index contributed by atoms with van der Waals surface area (Å²) in [5.74, 6) is 3.62. The number of nitrogens with zero attached hydrogens (tertiary/aromatic N) is 6. The lowest BCUT2D eigenvalue weighted by atomic mass is 10.0. The van der Waals surface area contributed by atoms with Crippen molar-refractivity contribution in [3.8, 4) is 0 Å². The molecule has 0 amide bonds. The van der Waals surface area contributed by atoms with Crippen LogP contribution in [0.3, 0.4) is 0 Å². The maximum absolute atomic E-state index is 5.87. The van der Waals surface area contributed by atoms with Crippen LogP contribution < -0.4 is 21.3 Å². The van der Waals surface area contributed by atoms with Gasteiger partial charge in [-0.3, -0.25) is 0 Å². The third-order valence-corrected chi connectivity index (χ3v) is 9.37. The van der Waals surface area contributed by atoms with Crippen LogP contribution in [0.2, 0.25) is 0 Å². The van der Waals surface area contributed by atoms with E-state index in [0.29, 0.717) is 36.9 Å². The first kappa shape index (κ1) is 27.7. The van der Waals surface area contributed by atoms with Crippen molar-refractivity contribution in [2.24, 2.45) is 0 Å². The summed E-state index contributed by atoms with van der Waals surface area (Å²) in [6.07, 6.45) is 0. The number of nitrogen functional groups attached to an aromatic ring is 2. The maximum atomic E-state index is 5.87. The number of nitrogens with two attached hydrogens (primary N) is 2. The van der Waals surface area contributed by atoms with Crippen LogP contribution in [0.1, 0.15) is 11.1 Å². The highest BCUT2D eigenvalue weighted by molar-refractivity contribution is 8.76. The molecule has 0 saturated carbocycles. The molecule has 0 bridgehead atoms. The minimum Gasteiger partial charge on any atom is -0.368 e. The number of rotatable bonds is 13. The fourth-order valence-electron chi connectivity index (χ4n) is 5.00. The van der Waals surface area contributed by atoms with Gasteiger partial charge in [0.2, 0.25) is 23.8 Å². The van der Waals surface area contributed by atoms with Gasteiger partial charge in [-0.1, -0.05) is 107 Å². The van der Waals surface area contributed by atoms with E-state index in [2.05, 4.69) is 125 Å². The molecule has 42 heavy (non-hydrogen) atoms. The summed E-state index contributed by atoms with van der Waals surface area (Å²) in [6.45, 7) is 2.93. The summed E-state index contributed by atoms with van der Waals surface area (Å²) in [6, 6.07) is 29.6. The molecule has 0 aliphatic heterocycles. The van der Waals surface area contributed by atoms with E-state index in [1.165, 1.54) is 32.7 Å². The molecule has 2 heterocycles. The van der Waals surface area contributed by atoms with E-state index >= 15 is 0 Å². The lowest BCUT2D eigenvalue weighted by Gasteiger charge is -2.23. The highest BCUT2D eigenvalue weighted by atomic mass is 33.1. The normalized spacial score (nSPS) is 11.3. The van der Waals surface area contributed by atoms with Gasteiger partial charge in [0.15, 0.2) is 0 Å². The van der Waals surface area contributed by atoms with Crippen molar-refractivity contribution < 1.29 is 0 Å². The molecule has 6 rings (SSSR count). The average molecular weight is 597 g/mol. The first-order valence-corrected chi connectivity index (χ1v) is 16.2. The van der Waals surface area contributed by atoms with E-state index in [0.717, 1.165) is 24.6 Å². The Balaban J connectivity index is 1.07. The molecule has 4 aromatic carbocycles. The highest BCUT2D eigenvalue weighted by Crippen LogP contribution is 2.27. The fourth-order valence-corrected chi connectivity index (χ4v) is 6.98. The summed E-state index contributed by atoms with van der Waals surface area (Å²) in [7, 11) is 3.65. The number of fused-ring (bicyclic) bond motifs is 2. The Morgan fingerprint density at radius 1 is 0.571 bits per heavy atom. The van der Waals surface area contributed by atoms with Gasteiger partial charge in [0.1, 0.15) is 0 Å². The minimum absolute atomic E-state index is 0.314. The SMILES string of the molecule is Nc1nc(N(CCSSCCN(Cc2cccc3ccccc23)c2n[nH]c(N)n2)Cc2cccc3ccccc23)n[nH]1. The lowest BCUT2D eigenvalue weighted by Crippen LogP contribution is -2.27. The molecule has 0 aliphatic carbocycles. The van der Waals surface area contributed by atoms with Crippen LogP contribution in [-0.4, -0.2) is 55.0 Å². The number of aromatic nitrogens is 6. The van der Waals surface area contributed by atoms with Crippen LogP contribution in [0.4, 0.5) is 23.8 Å². The summed E-state index contributed by atoms with van der Waals surface area (Å²) >= 11 is 0. The van der Waals surface area contributed by atoms with Crippen LogP contribution >= 0.6 is 21.6 Å².